The highest BCUT2D eigenvalue weighted by atomic mass is 19.1. The van der Waals surface area contributed by atoms with E-state index in [1.807, 2.05) is 13.0 Å². The third-order valence-electron chi connectivity index (χ3n) is 3.45. The van der Waals surface area contributed by atoms with E-state index in [2.05, 4.69) is 43.4 Å². The van der Waals surface area contributed by atoms with E-state index in [9.17, 15) is 4.39 Å². The fourth-order valence-corrected chi connectivity index (χ4v) is 2.18. The van der Waals surface area contributed by atoms with Crippen molar-refractivity contribution in [2.45, 2.75) is 33.4 Å². The summed E-state index contributed by atoms with van der Waals surface area (Å²) in [6.07, 6.45) is 0. The lowest BCUT2D eigenvalue weighted by Crippen LogP contribution is -2.18. The molecule has 0 spiro atoms. The molecule has 100 valence electrons. The molecular weight excluding hydrogens is 237 g/mol. The van der Waals surface area contributed by atoms with E-state index in [1.165, 1.54) is 17.2 Å². The smallest absolute Gasteiger partial charge is 0.123 e. The van der Waals surface area contributed by atoms with E-state index in [0.717, 1.165) is 17.7 Å². The molecule has 0 fully saturated rings. The molecule has 0 bridgehead atoms. The minimum absolute atomic E-state index is 0.173. The first-order valence-electron chi connectivity index (χ1n) is 6.61. The van der Waals surface area contributed by atoms with Crippen LogP contribution in [0.5, 0.6) is 0 Å². The van der Waals surface area contributed by atoms with Gasteiger partial charge in [-0.15, -0.1) is 0 Å². The molecule has 19 heavy (non-hydrogen) atoms. The SMILES string of the molecule is Cc1cccc([C@H](C)NCc2ccc(F)cc2C)c1. The van der Waals surface area contributed by atoms with Crippen LogP contribution in [0, 0.1) is 19.7 Å². The molecule has 0 unspecified atom stereocenters. The summed E-state index contributed by atoms with van der Waals surface area (Å²) in [5.41, 5.74) is 4.67. The molecule has 2 aromatic carbocycles. The van der Waals surface area contributed by atoms with Gasteiger partial charge in [-0.1, -0.05) is 35.9 Å². The van der Waals surface area contributed by atoms with Crippen molar-refractivity contribution in [1.29, 1.82) is 0 Å². The van der Waals surface area contributed by atoms with Gasteiger partial charge in [0, 0.05) is 12.6 Å². The van der Waals surface area contributed by atoms with Gasteiger partial charge in [-0.05, 0) is 49.6 Å². The standard InChI is InChI=1S/C17H20FN/c1-12-5-4-6-15(9-12)14(3)19-11-16-7-8-17(18)10-13(16)2/h4-10,14,19H,11H2,1-3H3/t14-/m0/s1. The molecule has 0 saturated heterocycles. The van der Waals surface area contributed by atoms with E-state index in [1.54, 1.807) is 6.07 Å². The highest BCUT2D eigenvalue weighted by Gasteiger charge is 2.06. The summed E-state index contributed by atoms with van der Waals surface area (Å²) in [4.78, 5) is 0. The molecule has 0 saturated carbocycles. The van der Waals surface area contributed by atoms with Crippen LogP contribution in [-0.4, -0.2) is 0 Å². The lowest BCUT2D eigenvalue weighted by atomic mass is 10.0. The molecule has 0 aromatic heterocycles. The second-order valence-electron chi connectivity index (χ2n) is 5.09. The van der Waals surface area contributed by atoms with Crippen LogP contribution in [0.15, 0.2) is 42.5 Å². The number of benzene rings is 2. The van der Waals surface area contributed by atoms with Crippen LogP contribution in [0.1, 0.15) is 35.2 Å². The second-order valence-corrected chi connectivity index (χ2v) is 5.09. The Bertz CT molecular complexity index is 563. The Morgan fingerprint density at radius 3 is 2.58 bits per heavy atom. The van der Waals surface area contributed by atoms with Crippen molar-refractivity contribution in [3.8, 4) is 0 Å². The van der Waals surface area contributed by atoms with Gasteiger partial charge in [0.15, 0.2) is 0 Å². The van der Waals surface area contributed by atoms with Gasteiger partial charge in [0.25, 0.3) is 0 Å². The van der Waals surface area contributed by atoms with E-state index in [0.29, 0.717) is 0 Å². The number of hydrogen-bond acceptors (Lipinski definition) is 1. The summed E-state index contributed by atoms with van der Waals surface area (Å²) in [6.45, 7) is 6.94. The van der Waals surface area contributed by atoms with Crippen molar-refractivity contribution in [2.75, 3.05) is 0 Å². The van der Waals surface area contributed by atoms with Crippen molar-refractivity contribution < 1.29 is 4.39 Å². The monoisotopic (exact) mass is 257 g/mol. The Morgan fingerprint density at radius 2 is 1.89 bits per heavy atom. The molecule has 2 heteroatoms. The zero-order valence-electron chi connectivity index (χ0n) is 11.7. The first kappa shape index (κ1) is 13.8. The average molecular weight is 257 g/mol. The summed E-state index contributed by atoms with van der Waals surface area (Å²) in [5, 5.41) is 3.48. The molecule has 0 heterocycles. The summed E-state index contributed by atoms with van der Waals surface area (Å²) in [5.74, 6) is -0.173. The first-order chi connectivity index (χ1) is 9.06. The number of aryl methyl sites for hydroxylation is 2. The summed E-state index contributed by atoms with van der Waals surface area (Å²) >= 11 is 0. The lowest BCUT2D eigenvalue weighted by molar-refractivity contribution is 0.571. The Hall–Kier alpha value is -1.67. The molecule has 2 rings (SSSR count). The molecule has 1 N–H and O–H groups in total. The molecule has 1 nitrogen and oxygen atoms in total. The van der Waals surface area contributed by atoms with Gasteiger partial charge in [0.1, 0.15) is 5.82 Å². The van der Waals surface area contributed by atoms with Crippen molar-refractivity contribution in [3.63, 3.8) is 0 Å². The number of hydrogen-bond donors (Lipinski definition) is 1. The Kier molecular flexibility index (Phi) is 4.33. The molecule has 0 aliphatic carbocycles. The molecule has 0 amide bonds. The van der Waals surface area contributed by atoms with Crippen LogP contribution in [0.2, 0.25) is 0 Å². The van der Waals surface area contributed by atoms with E-state index in [4.69, 9.17) is 0 Å². The lowest BCUT2D eigenvalue weighted by Gasteiger charge is -2.16. The third-order valence-corrected chi connectivity index (χ3v) is 3.45. The van der Waals surface area contributed by atoms with Crippen LogP contribution in [0.3, 0.4) is 0 Å². The average Bonchev–Trinajstić information content (AvgIpc) is 2.37. The second kappa shape index (κ2) is 5.98. The third kappa shape index (κ3) is 3.65. The van der Waals surface area contributed by atoms with Crippen LogP contribution >= 0.6 is 0 Å². The number of nitrogens with one attached hydrogen (secondary N) is 1. The van der Waals surface area contributed by atoms with Gasteiger partial charge in [-0.25, -0.2) is 4.39 Å². The molecule has 0 aliphatic rings. The minimum Gasteiger partial charge on any atom is -0.306 e. The van der Waals surface area contributed by atoms with Gasteiger partial charge >= 0.3 is 0 Å². The highest BCUT2D eigenvalue weighted by Crippen LogP contribution is 2.16. The Balaban J connectivity index is 2.02. The van der Waals surface area contributed by atoms with Gasteiger partial charge in [-0.3, -0.25) is 0 Å². The van der Waals surface area contributed by atoms with Crippen LogP contribution in [0.25, 0.3) is 0 Å². The largest absolute Gasteiger partial charge is 0.306 e. The molecule has 0 radical (unpaired) electrons. The van der Waals surface area contributed by atoms with Crippen LogP contribution in [-0.2, 0) is 6.54 Å². The molecule has 2 aromatic rings. The molecule has 1 atom stereocenters. The summed E-state index contributed by atoms with van der Waals surface area (Å²) in [7, 11) is 0. The first-order valence-corrected chi connectivity index (χ1v) is 6.61. The van der Waals surface area contributed by atoms with Gasteiger partial charge in [0.2, 0.25) is 0 Å². The zero-order valence-corrected chi connectivity index (χ0v) is 11.7. The van der Waals surface area contributed by atoms with Crippen LogP contribution < -0.4 is 5.32 Å². The van der Waals surface area contributed by atoms with Gasteiger partial charge in [0.05, 0.1) is 0 Å². The quantitative estimate of drug-likeness (QED) is 0.861. The summed E-state index contributed by atoms with van der Waals surface area (Å²) in [6, 6.07) is 13.7. The fourth-order valence-electron chi connectivity index (χ4n) is 2.18. The maximum atomic E-state index is 13.0. The van der Waals surface area contributed by atoms with Crippen LogP contribution in [0.4, 0.5) is 4.39 Å². The Labute approximate surface area is 114 Å². The zero-order chi connectivity index (χ0) is 13.8. The topological polar surface area (TPSA) is 12.0 Å². The number of halogens is 1. The predicted molar refractivity (Wildman–Crippen MR) is 77.6 cm³/mol. The van der Waals surface area contributed by atoms with E-state index < -0.39 is 0 Å². The Morgan fingerprint density at radius 1 is 1.11 bits per heavy atom. The van der Waals surface area contributed by atoms with Crippen molar-refractivity contribution in [2.24, 2.45) is 0 Å². The molecule has 0 aliphatic heterocycles. The minimum atomic E-state index is -0.173. The maximum Gasteiger partial charge on any atom is 0.123 e. The maximum absolute atomic E-state index is 13.0. The molecular formula is C17H20FN. The predicted octanol–water partition coefficient (Wildman–Crippen LogP) is 4.29. The van der Waals surface area contributed by atoms with Crippen molar-refractivity contribution >= 4 is 0 Å². The van der Waals surface area contributed by atoms with Crippen molar-refractivity contribution in [1.82, 2.24) is 5.32 Å². The summed E-state index contributed by atoms with van der Waals surface area (Å²) < 4.78 is 13.0. The fraction of sp³-hybridized carbons (Fsp3) is 0.294. The van der Waals surface area contributed by atoms with Crippen molar-refractivity contribution in [3.05, 3.63) is 70.5 Å². The van der Waals surface area contributed by atoms with E-state index in [-0.39, 0.29) is 11.9 Å². The van der Waals surface area contributed by atoms with Gasteiger partial charge < -0.3 is 5.32 Å². The number of rotatable bonds is 4. The normalized spacial score (nSPS) is 12.4. The van der Waals surface area contributed by atoms with E-state index >= 15 is 0 Å². The highest BCUT2D eigenvalue weighted by molar-refractivity contribution is 5.28. The van der Waals surface area contributed by atoms with Gasteiger partial charge in [-0.2, -0.15) is 0 Å².